The molecule has 7 heteroatoms. The Bertz CT molecular complexity index is 566. The van der Waals surface area contributed by atoms with Crippen LogP contribution in [0.15, 0.2) is 29.2 Å². The summed E-state index contributed by atoms with van der Waals surface area (Å²) >= 11 is 2.09. The van der Waals surface area contributed by atoms with Crippen LogP contribution in [0.1, 0.15) is 12.8 Å². The smallest absolute Gasteiger partial charge is 0.318 e. The Morgan fingerprint density at radius 3 is 2.37 bits per heavy atom. The molecule has 2 rings (SSSR count). The van der Waals surface area contributed by atoms with Crippen molar-refractivity contribution in [2.45, 2.75) is 17.7 Å². The minimum absolute atomic E-state index is 0.148. The topological polar surface area (TPSA) is 74.7 Å². The number of aliphatic carboxylic acids is 1. The highest BCUT2D eigenvalue weighted by atomic mass is 127. The third-order valence-corrected chi connectivity index (χ3v) is 5.47. The molecule has 0 aromatic heterocycles. The Kier molecular flexibility index (Phi) is 4.46. The van der Waals surface area contributed by atoms with Gasteiger partial charge in [-0.2, -0.15) is 4.31 Å². The number of carboxylic acids is 1. The summed E-state index contributed by atoms with van der Waals surface area (Å²) in [6.45, 7) is -0.189. The van der Waals surface area contributed by atoms with Gasteiger partial charge in [0.25, 0.3) is 0 Å². The number of benzene rings is 1. The number of hydrogen-bond donors (Lipinski definition) is 1. The van der Waals surface area contributed by atoms with Crippen molar-refractivity contribution in [3.63, 3.8) is 0 Å². The summed E-state index contributed by atoms with van der Waals surface area (Å²) in [5, 5.41) is 8.86. The molecule has 1 aromatic carbocycles. The maximum atomic E-state index is 12.4. The van der Waals surface area contributed by atoms with Crippen LogP contribution in [-0.2, 0) is 14.8 Å². The minimum atomic E-state index is -3.72. The Balaban J connectivity index is 2.26. The highest BCUT2D eigenvalue weighted by molar-refractivity contribution is 14.1. The van der Waals surface area contributed by atoms with E-state index in [9.17, 15) is 13.2 Å². The fraction of sp³-hybridized carbons (Fsp3) is 0.417. The standard InChI is InChI=1S/C12H14INO4S/c13-10-3-5-11(6-4-10)19(17,18)14(8-12(15)16)7-9-1-2-9/h3-6,9H,1-2,7-8H2,(H,15,16). The summed E-state index contributed by atoms with van der Waals surface area (Å²) < 4.78 is 26.8. The summed E-state index contributed by atoms with van der Waals surface area (Å²) in [6, 6.07) is 6.42. The van der Waals surface area contributed by atoms with Crippen molar-refractivity contribution in [3.8, 4) is 0 Å². The molecule has 1 N–H and O–H groups in total. The van der Waals surface area contributed by atoms with Crippen LogP contribution in [0.5, 0.6) is 0 Å². The van der Waals surface area contributed by atoms with Gasteiger partial charge in [-0.05, 0) is 65.6 Å². The van der Waals surface area contributed by atoms with Crippen LogP contribution >= 0.6 is 22.6 Å². The van der Waals surface area contributed by atoms with Gasteiger partial charge in [0.15, 0.2) is 0 Å². The molecule has 0 bridgehead atoms. The predicted molar refractivity (Wildman–Crippen MR) is 78.3 cm³/mol. The van der Waals surface area contributed by atoms with Gasteiger partial charge >= 0.3 is 5.97 Å². The van der Waals surface area contributed by atoms with Gasteiger partial charge in [-0.3, -0.25) is 4.79 Å². The third kappa shape index (κ3) is 3.90. The van der Waals surface area contributed by atoms with Crippen LogP contribution in [-0.4, -0.2) is 36.9 Å². The van der Waals surface area contributed by atoms with E-state index in [2.05, 4.69) is 22.6 Å². The second-order valence-corrected chi connectivity index (χ2v) is 7.77. The van der Waals surface area contributed by atoms with Crippen molar-refractivity contribution in [2.24, 2.45) is 5.92 Å². The summed E-state index contributed by atoms with van der Waals surface area (Å²) in [7, 11) is -3.72. The van der Waals surface area contributed by atoms with Gasteiger partial charge < -0.3 is 5.11 Å². The lowest BCUT2D eigenvalue weighted by molar-refractivity contribution is -0.137. The van der Waals surface area contributed by atoms with Gasteiger partial charge in [-0.25, -0.2) is 8.42 Å². The monoisotopic (exact) mass is 395 g/mol. The number of rotatable bonds is 6. The first kappa shape index (κ1) is 14.7. The minimum Gasteiger partial charge on any atom is -0.480 e. The summed E-state index contributed by atoms with van der Waals surface area (Å²) in [5.41, 5.74) is 0. The van der Waals surface area contributed by atoms with E-state index in [1.807, 2.05) is 0 Å². The van der Waals surface area contributed by atoms with Crippen molar-refractivity contribution in [1.82, 2.24) is 4.31 Å². The molecule has 0 heterocycles. The molecular formula is C12H14INO4S. The average molecular weight is 395 g/mol. The zero-order chi connectivity index (χ0) is 14.0. The summed E-state index contributed by atoms with van der Waals surface area (Å²) in [6.07, 6.45) is 1.94. The highest BCUT2D eigenvalue weighted by Gasteiger charge is 2.32. The fourth-order valence-electron chi connectivity index (χ4n) is 1.74. The van der Waals surface area contributed by atoms with Gasteiger partial charge in [-0.15, -0.1) is 0 Å². The first-order valence-corrected chi connectivity index (χ1v) is 8.39. The third-order valence-electron chi connectivity index (χ3n) is 2.92. The van der Waals surface area contributed by atoms with Crippen molar-refractivity contribution in [2.75, 3.05) is 13.1 Å². The molecule has 0 saturated heterocycles. The van der Waals surface area contributed by atoms with E-state index >= 15 is 0 Å². The van der Waals surface area contributed by atoms with Crippen LogP contribution < -0.4 is 0 Å². The zero-order valence-corrected chi connectivity index (χ0v) is 13.1. The Morgan fingerprint density at radius 2 is 1.89 bits per heavy atom. The summed E-state index contributed by atoms with van der Waals surface area (Å²) in [5.74, 6) is -0.826. The molecule has 0 spiro atoms. The van der Waals surface area contributed by atoms with Gasteiger partial charge in [0, 0.05) is 10.1 Å². The van der Waals surface area contributed by atoms with E-state index in [0.717, 1.165) is 20.7 Å². The molecule has 1 aliphatic rings. The van der Waals surface area contributed by atoms with E-state index < -0.39 is 22.5 Å². The fourth-order valence-corrected chi connectivity index (χ4v) is 3.57. The number of carbonyl (C=O) groups is 1. The Morgan fingerprint density at radius 1 is 1.32 bits per heavy atom. The first-order valence-electron chi connectivity index (χ1n) is 5.87. The van der Waals surface area contributed by atoms with Crippen LogP contribution in [0, 0.1) is 9.49 Å². The van der Waals surface area contributed by atoms with Crippen LogP contribution in [0.4, 0.5) is 0 Å². The average Bonchev–Trinajstić information content (AvgIpc) is 3.12. The van der Waals surface area contributed by atoms with Crippen molar-refractivity contribution in [1.29, 1.82) is 0 Å². The van der Waals surface area contributed by atoms with E-state index in [1.54, 1.807) is 12.1 Å². The molecule has 0 aliphatic heterocycles. The second kappa shape index (κ2) is 5.76. The molecule has 5 nitrogen and oxygen atoms in total. The molecule has 0 unspecified atom stereocenters. The van der Waals surface area contributed by atoms with Gasteiger partial charge in [0.2, 0.25) is 10.0 Å². The molecule has 104 valence electrons. The maximum Gasteiger partial charge on any atom is 0.318 e. The molecule has 0 radical (unpaired) electrons. The summed E-state index contributed by atoms with van der Waals surface area (Å²) in [4.78, 5) is 11.0. The number of sulfonamides is 1. The Labute approximate surface area is 125 Å². The van der Waals surface area contributed by atoms with Gasteiger partial charge in [0.05, 0.1) is 4.90 Å². The number of hydrogen-bond acceptors (Lipinski definition) is 3. The lowest BCUT2D eigenvalue weighted by Crippen LogP contribution is -2.37. The van der Waals surface area contributed by atoms with E-state index in [0.29, 0.717) is 12.5 Å². The number of nitrogens with zero attached hydrogens (tertiary/aromatic N) is 1. The van der Waals surface area contributed by atoms with Crippen molar-refractivity contribution >= 4 is 38.6 Å². The van der Waals surface area contributed by atoms with Gasteiger partial charge in [-0.1, -0.05) is 0 Å². The number of halogens is 1. The molecule has 1 fully saturated rings. The lowest BCUT2D eigenvalue weighted by atomic mass is 10.4. The van der Waals surface area contributed by atoms with Crippen LogP contribution in [0.2, 0.25) is 0 Å². The molecule has 1 aromatic rings. The predicted octanol–water partition coefficient (Wildman–Crippen LogP) is 1.78. The maximum absolute atomic E-state index is 12.4. The SMILES string of the molecule is O=C(O)CN(CC1CC1)S(=O)(=O)c1ccc(I)cc1. The van der Waals surface area contributed by atoms with Crippen LogP contribution in [0.25, 0.3) is 0 Å². The van der Waals surface area contributed by atoms with Gasteiger partial charge in [0.1, 0.15) is 6.54 Å². The normalized spacial score (nSPS) is 15.7. The quantitative estimate of drug-likeness (QED) is 0.746. The van der Waals surface area contributed by atoms with E-state index in [-0.39, 0.29) is 4.90 Å². The van der Waals surface area contributed by atoms with Crippen molar-refractivity contribution < 1.29 is 18.3 Å². The highest BCUT2D eigenvalue weighted by Crippen LogP contribution is 2.31. The Hall–Kier alpha value is -0.670. The van der Waals surface area contributed by atoms with E-state index in [4.69, 9.17) is 5.11 Å². The molecule has 0 amide bonds. The van der Waals surface area contributed by atoms with Crippen molar-refractivity contribution in [3.05, 3.63) is 27.8 Å². The molecule has 1 saturated carbocycles. The zero-order valence-electron chi connectivity index (χ0n) is 10.1. The lowest BCUT2D eigenvalue weighted by Gasteiger charge is -2.20. The van der Waals surface area contributed by atoms with E-state index in [1.165, 1.54) is 12.1 Å². The largest absolute Gasteiger partial charge is 0.480 e. The molecular weight excluding hydrogens is 381 g/mol. The first-order chi connectivity index (χ1) is 8.89. The molecule has 19 heavy (non-hydrogen) atoms. The second-order valence-electron chi connectivity index (χ2n) is 4.59. The number of carboxylic acid groups (broad SMARTS) is 1. The van der Waals surface area contributed by atoms with Crippen LogP contribution in [0.3, 0.4) is 0 Å². The molecule has 0 atom stereocenters. The molecule has 1 aliphatic carbocycles.